The summed E-state index contributed by atoms with van der Waals surface area (Å²) in [6.07, 6.45) is 0.856. The zero-order valence-corrected chi connectivity index (χ0v) is 14.3. The van der Waals surface area contributed by atoms with Crippen molar-refractivity contribution < 1.29 is 4.39 Å². The highest BCUT2D eigenvalue weighted by atomic mass is 79.9. The van der Waals surface area contributed by atoms with Crippen LogP contribution in [-0.2, 0) is 6.42 Å². The zero-order valence-electron chi connectivity index (χ0n) is 12.7. The average Bonchev–Trinajstić information content (AvgIpc) is 2.44. The van der Waals surface area contributed by atoms with Crippen LogP contribution in [0.5, 0.6) is 0 Å². The van der Waals surface area contributed by atoms with Crippen LogP contribution in [0.1, 0.15) is 35.2 Å². The molecule has 0 aliphatic heterocycles. The quantitative estimate of drug-likeness (QED) is 0.791. The summed E-state index contributed by atoms with van der Waals surface area (Å²) in [5.41, 5.74) is 4.87. The Morgan fingerprint density at radius 1 is 1.14 bits per heavy atom. The third-order valence-electron chi connectivity index (χ3n) is 3.84. The lowest BCUT2D eigenvalue weighted by Gasteiger charge is -2.22. The van der Waals surface area contributed by atoms with Crippen molar-refractivity contribution >= 4 is 15.9 Å². The van der Waals surface area contributed by atoms with Gasteiger partial charge in [0, 0.05) is 10.5 Å². The van der Waals surface area contributed by atoms with Gasteiger partial charge in [-0.3, -0.25) is 0 Å². The van der Waals surface area contributed by atoms with E-state index in [1.54, 1.807) is 12.1 Å². The molecule has 0 aliphatic carbocycles. The number of halogens is 2. The average molecular weight is 350 g/mol. The molecule has 0 amide bonds. The number of likely N-dealkylation sites (N-methyl/N-ethyl adjacent to an activating group) is 1. The number of aryl methyl sites for hydroxylation is 2. The molecule has 0 fully saturated rings. The smallest absolute Gasteiger partial charge is 0.123 e. The summed E-state index contributed by atoms with van der Waals surface area (Å²) in [6.45, 7) is 7.18. The second-order valence-electron chi connectivity index (χ2n) is 5.35. The second-order valence-corrected chi connectivity index (χ2v) is 6.20. The van der Waals surface area contributed by atoms with Gasteiger partial charge in [-0.15, -0.1) is 0 Å². The molecule has 0 heterocycles. The Hall–Kier alpha value is -1.19. The van der Waals surface area contributed by atoms with Gasteiger partial charge in [-0.2, -0.15) is 0 Å². The van der Waals surface area contributed by atoms with Gasteiger partial charge in [0.25, 0.3) is 0 Å². The maximum Gasteiger partial charge on any atom is 0.123 e. The molecule has 2 rings (SSSR count). The van der Waals surface area contributed by atoms with Crippen LogP contribution in [-0.4, -0.2) is 6.54 Å². The standard InChI is InChI=1S/C18H21BrFN/c1-4-21-18(16-10-14(20)8-9-17(16)19)11-15-12(2)6-5-7-13(15)3/h5-10,18,21H,4,11H2,1-3H3. The van der Waals surface area contributed by atoms with E-state index in [-0.39, 0.29) is 11.9 Å². The minimum atomic E-state index is -0.197. The first-order chi connectivity index (χ1) is 10.0. The lowest BCUT2D eigenvalue weighted by atomic mass is 9.93. The predicted molar refractivity (Wildman–Crippen MR) is 90.1 cm³/mol. The fourth-order valence-electron chi connectivity index (χ4n) is 2.70. The number of hydrogen-bond acceptors (Lipinski definition) is 1. The molecule has 0 bridgehead atoms. The Bertz CT molecular complexity index is 604. The lowest BCUT2D eigenvalue weighted by Crippen LogP contribution is -2.24. The molecule has 0 radical (unpaired) electrons. The Morgan fingerprint density at radius 3 is 2.43 bits per heavy atom. The fraction of sp³-hybridized carbons (Fsp3) is 0.333. The van der Waals surface area contributed by atoms with Crippen molar-refractivity contribution in [1.29, 1.82) is 0 Å². The first kappa shape index (κ1) is 16.2. The summed E-state index contributed by atoms with van der Waals surface area (Å²) >= 11 is 3.54. The molecule has 3 heteroatoms. The lowest BCUT2D eigenvalue weighted by molar-refractivity contribution is 0.538. The molecule has 0 spiro atoms. The molecular formula is C18H21BrFN. The summed E-state index contributed by atoms with van der Waals surface area (Å²) in [5.74, 6) is -0.197. The van der Waals surface area contributed by atoms with Gasteiger partial charge >= 0.3 is 0 Å². The van der Waals surface area contributed by atoms with Gasteiger partial charge in [-0.25, -0.2) is 4.39 Å². The van der Waals surface area contributed by atoms with Crippen LogP contribution >= 0.6 is 15.9 Å². The van der Waals surface area contributed by atoms with Crippen molar-refractivity contribution in [3.05, 3.63) is 68.9 Å². The van der Waals surface area contributed by atoms with Crippen molar-refractivity contribution in [2.75, 3.05) is 6.54 Å². The Morgan fingerprint density at radius 2 is 1.81 bits per heavy atom. The molecule has 0 saturated carbocycles. The van der Waals surface area contributed by atoms with E-state index in [0.29, 0.717) is 0 Å². The molecule has 1 nitrogen and oxygen atoms in total. The molecule has 1 unspecified atom stereocenters. The van der Waals surface area contributed by atoms with E-state index in [4.69, 9.17) is 0 Å². The number of benzene rings is 2. The highest BCUT2D eigenvalue weighted by molar-refractivity contribution is 9.10. The highest BCUT2D eigenvalue weighted by Gasteiger charge is 2.17. The van der Waals surface area contributed by atoms with Crippen molar-refractivity contribution in [2.24, 2.45) is 0 Å². The Balaban J connectivity index is 2.38. The summed E-state index contributed by atoms with van der Waals surface area (Å²) in [4.78, 5) is 0. The summed E-state index contributed by atoms with van der Waals surface area (Å²) in [6, 6.07) is 11.3. The molecule has 1 atom stereocenters. The summed E-state index contributed by atoms with van der Waals surface area (Å²) in [7, 11) is 0. The highest BCUT2D eigenvalue weighted by Crippen LogP contribution is 2.29. The predicted octanol–water partition coefficient (Wildman–Crippen LogP) is 5.10. The summed E-state index contributed by atoms with van der Waals surface area (Å²) < 4.78 is 14.5. The molecule has 112 valence electrons. The maximum absolute atomic E-state index is 13.6. The van der Waals surface area contributed by atoms with Crippen LogP contribution in [0.2, 0.25) is 0 Å². The number of rotatable bonds is 5. The number of hydrogen-bond donors (Lipinski definition) is 1. The Kier molecular flexibility index (Phi) is 5.54. The molecular weight excluding hydrogens is 329 g/mol. The first-order valence-corrected chi connectivity index (χ1v) is 8.05. The van der Waals surface area contributed by atoms with Crippen LogP contribution in [0.4, 0.5) is 4.39 Å². The van der Waals surface area contributed by atoms with Gasteiger partial charge in [0.15, 0.2) is 0 Å². The fourth-order valence-corrected chi connectivity index (χ4v) is 3.22. The van der Waals surface area contributed by atoms with E-state index >= 15 is 0 Å². The largest absolute Gasteiger partial charge is 0.310 e. The van der Waals surface area contributed by atoms with E-state index in [2.05, 4.69) is 60.2 Å². The van der Waals surface area contributed by atoms with Gasteiger partial charge in [0.2, 0.25) is 0 Å². The van der Waals surface area contributed by atoms with Gasteiger partial charge in [0.05, 0.1) is 0 Å². The molecule has 0 aromatic heterocycles. The third-order valence-corrected chi connectivity index (χ3v) is 4.56. The summed E-state index contributed by atoms with van der Waals surface area (Å²) in [5, 5.41) is 3.47. The maximum atomic E-state index is 13.6. The van der Waals surface area contributed by atoms with E-state index in [1.807, 2.05) is 0 Å². The topological polar surface area (TPSA) is 12.0 Å². The van der Waals surface area contributed by atoms with Crippen LogP contribution in [0.25, 0.3) is 0 Å². The minimum Gasteiger partial charge on any atom is -0.310 e. The van der Waals surface area contributed by atoms with Crippen LogP contribution < -0.4 is 5.32 Å². The van der Waals surface area contributed by atoms with Crippen molar-refractivity contribution in [3.8, 4) is 0 Å². The third kappa shape index (κ3) is 3.92. The SMILES string of the molecule is CCNC(Cc1c(C)cccc1C)c1cc(F)ccc1Br. The van der Waals surface area contributed by atoms with Crippen LogP contribution in [0.3, 0.4) is 0 Å². The van der Waals surface area contributed by atoms with Gasteiger partial charge in [-0.1, -0.05) is 41.1 Å². The van der Waals surface area contributed by atoms with E-state index in [9.17, 15) is 4.39 Å². The van der Waals surface area contributed by atoms with Crippen molar-refractivity contribution in [1.82, 2.24) is 5.32 Å². The van der Waals surface area contributed by atoms with E-state index in [1.165, 1.54) is 22.8 Å². The van der Waals surface area contributed by atoms with Gasteiger partial charge < -0.3 is 5.32 Å². The van der Waals surface area contributed by atoms with Crippen molar-refractivity contribution in [3.63, 3.8) is 0 Å². The zero-order chi connectivity index (χ0) is 15.4. The first-order valence-electron chi connectivity index (χ1n) is 7.26. The normalized spacial score (nSPS) is 12.4. The van der Waals surface area contributed by atoms with E-state index < -0.39 is 0 Å². The monoisotopic (exact) mass is 349 g/mol. The molecule has 21 heavy (non-hydrogen) atoms. The Labute approximate surface area is 134 Å². The second kappa shape index (κ2) is 7.19. The van der Waals surface area contributed by atoms with E-state index in [0.717, 1.165) is 23.0 Å². The van der Waals surface area contributed by atoms with Crippen LogP contribution in [0, 0.1) is 19.7 Å². The molecule has 0 aliphatic rings. The van der Waals surface area contributed by atoms with Gasteiger partial charge in [-0.05, 0) is 67.3 Å². The molecule has 2 aromatic carbocycles. The molecule has 0 saturated heterocycles. The number of nitrogens with one attached hydrogen (secondary N) is 1. The molecule has 1 N–H and O–H groups in total. The van der Waals surface area contributed by atoms with Crippen LogP contribution in [0.15, 0.2) is 40.9 Å². The van der Waals surface area contributed by atoms with Gasteiger partial charge in [0.1, 0.15) is 5.82 Å². The minimum absolute atomic E-state index is 0.0971. The van der Waals surface area contributed by atoms with Crippen molar-refractivity contribution in [2.45, 2.75) is 33.2 Å². The molecule has 2 aromatic rings.